The van der Waals surface area contributed by atoms with Crippen molar-refractivity contribution in [3.63, 3.8) is 0 Å². The first kappa shape index (κ1) is 27.2. The Morgan fingerprint density at radius 3 is 1.76 bits per heavy atom. The van der Waals surface area contributed by atoms with Crippen LogP contribution in [0.3, 0.4) is 0 Å². The van der Waals surface area contributed by atoms with Crippen molar-refractivity contribution in [3.8, 4) is 5.75 Å². The van der Waals surface area contributed by atoms with Crippen LogP contribution in [-0.2, 0) is 13.0 Å². The molecule has 0 atom stereocenters. The molecular formula is C32H48O. The predicted octanol–water partition coefficient (Wildman–Crippen LogP) is 10.3. The Morgan fingerprint density at radius 2 is 1.12 bits per heavy atom. The van der Waals surface area contributed by atoms with E-state index in [2.05, 4.69) is 74.5 Å². The van der Waals surface area contributed by atoms with E-state index in [-0.39, 0.29) is 0 Å². The molecule has 1 heteroatoms. The topological polar surface area (TPSA) is 9.23 Å². The van der Waals surface area contributed by atoms with Gasteiger partial charge in [-0.1, -0.05) is 133 Å². The lowest BCUT2D eigenvalue weighted by molar-refractivity contribution is 0.306. The van der Waals surface area contributed by atoms with Crippen LogP contribution in [0.2, 0.25) is 0 Å². The third-order valence-corrected chi connectivity index (χ3v) is 6.41. The molecule has 0 radical (unpaired) electrons. The molecule has 2 aromatic carbocycles. The van der Waals surface area contributed by atoms with Crippen LogP contribution in [0.25, 0.3) is 6.08 Å². The van der Waals surface area contributed by atoms with E-state index in [1.54, 1.807) is 0 Å². The van der Waals surface area contributed by atoms with Crippen molar-refractivity contribution in [1.82, 2.24) is 0 Å². The van der Waals surface area contributed by atoms with Crippen LogP contribution in [-0.4, -0.2) is 0 Å². The second kappa shape index (κ2) is 18.4. The van der Waals surface area contributed by atoms with Crippen molar-refractivity contribution in [1.29, 1.82) is 0 Å². The fourth-order valence-corrected chi connectivity index (χ4v) is 4.19. The lowest BCUT2D eigenvalue weighted by atomic mass is 10.0. The van der Waals surface area contributed by atoms with Crippen LogP contribution in [0.5, 0.6) is 5.75 Å². The van der Waals surface area contributed by atoms with Crippen molar-refractivity contribution in [2.75, 3.05) is 0 Å². The SMILES string of the molecule is CCCCCCC/C=C/c1ccc(OCc2ccc(CCCCCCCCCC)cc2)cc1. The van der Waals surface area contributed by atoms with Crippen molar-refractivity contribution in [3.05, 3.63) is 71.3 Å². The quantitative estimate of drug-likeness (QED) is 0.194. The van der Waals surface area contributed by atoms with Crippen LogP contribution < -0.4 is 4.74 Å². The first-order valence-electron chi connectivity index (χ1n) is 13.8. The van der Waals surface area contributed by atoms with E-state index < -0.39 is 0 Å². The molecule has 0 aliphatic heterocycles. The molecule has 2 aromatic rings. The maximum absolute atomic E-state index is 6.00. The van der Waals surface area contributed by atoms with Gasteiger partial charge in [0.15, 0.2) is 0 Å². The van der Waals surface area contributed by atoms with E-state index in [1.165, 1.54) is 113 Å². The van der Waals surface area contributed by atoms with E-state index in [0.717, 1.165) is 5.75 Å². The summed E-state index contributed by atoms with van der Waals surface area (Å²) in [5, 5.41) is 0. The molecule has 0 bridgehead atoms. The molecule has 0 N–H and O–H groups in total. The molecule has 33 heavy (non-hydrogen) atoms. The normalized spacial score (nSPS) is 11.3. The van der Waals surface area contributed by atoms with Crippen LogP contribution in [0.15, 0.2) is 54.6 Å². The first-order valence-corrected chi connectivity index (χ1v) is 13.8. The fraction of sp³-hybridized carbons (Fsp3) is 0.562. The summed E-state index contributed by atoms with van der Waals surface area (Å²) in [6.45, 7) is 5.18. The van der Waals surface area contributed by atoms with Crippen LogP contribution >= 0.6 is 0 Å². The number of ether oxygens (including phenoxy) is 1. The van der Waals surface area contributed by atoms with E-state index in [9.17, 15) is 0 Å². The zero-order valence-corrected chi connectivity index (χ0v) is 21.5. The molecule has 0 heterocycles. The smallest absolute Gasteiger partial charge is 0.119 e. The van der Waals surface area contributed by atoms with E-state index >= 15 is 0 Å². The molecule has 0 aromatic heterocycles. The maximum Gasteiger partial charge on any atom is 0.119 e. The number of unbranched alkanes of at least 4 members (excludes halogenated alkanes) is 12. The zero-order chi connectivity index (χ0) is 23.4. The lowest BCUT2D eigenvalue weighted by Gasteiger charge is -2.08. The number of allylic oxidation sites excluding steroid dienone is 1. The fourth-order valence-electron chi connectivity index (χ4n) is 4.19. The minimum absolute atomic E-state index is 0.630. The highest BCUT2D eigenvalue weighted by atomic mass is 16.5. The Labute approximate surface area is 204 Å². The summed E-state index contributed by atoms with van der Waals surface area (Å²) in [6, 6.07) is 17.4. The van der Waals surface area contributed by atoms with Gasteiger partial charge in [-0.2, -0.15) is 0 Å². The first-order chi connectivity index (χ1) is 16.3. The predicted molar refractivity (Wildman–Crippen MR) is 146 cm³/mol. The summed E-state index contributed by atoms with van der Waals surface area (Å²) >= 11 is 0. The number of rotatable bonds is 19. The molecule has 0 aliphatic rings. The molecule has 0 unspecified atom stereocenters. The van der Waals surface area contributed by atoms with Crippen LogP contribution in [0, 0.1) is 0 Å². The monoisotopic (exact) mass is 448 g/mol. The van der Waals surface area contributed by atoms with Crippen molar-refractivity contribution >= 4 is 6.08 Å². The summed E-state index contributed by atoms with van der Waals surface area (Å²) in [5.41, 5.74) is 3.94. The summed E-state index contributed by atoms with van der Waals surface area (Å²) in [4.78, 5) is 0. The maximum atomic E-state index is 6.00. The number of hydrogen-bond donors (Lipinski definition) is 0. The van der Waals surface area contributed by atoms with Crippen molar-refractivity contribution in [2.45, 2.75) is 117 Å². The van der Waals surface area contributed by atoms with Crippen molar-refractivity contribution in [2.24, 2.45) is 0 Å². The molecule has 0 aliphatic carbocycles. The standard InChI is InChI=1S/C32H48O/c1-3-5-7-9-11-13-15-16-18-29-20-22-31(23-21-29)28-33-32-26-24-30(25-27-32)19-17-14-12-10-8-6-4-2/h17,19-27H,3-16,18,28H2,1-2H3/b19-17+. The van der Waals surface area contributed by atoms with Gasteiger partial charge in [0.2, 0.25) is 0 Å². The van der Waals surface area contributed by atoms with Gasteiger partial charge in [-0.15, -0.1) is 0 Å². The third kappa shape index (κ3) is 13.3. The molecule has 182 valence electrons. The summed E-state index contributed by atoms with van der Waals surface area (Å²) in [6.07, 6.45) is 24.7. The molecule has 1 nitrogen and oxygen atoms in total. The highest BCUT2D eigenvalue weighted by Gasteiger charge is 1.99. The largest absolute Gasteiger partial charge is 0.489 e. The Kier molecular flexibility index (Phi) is 15.2. The van der Waals surface area contributed by atoms with Gasteiger partial charge in [-0.3, -0.25) is 0 Å². The summed E-state index contributed by atoms with van der Waals surface area (Å²) < 4.78 is 6.00. The number of benzene rings is 2. The Hall–Kier alpha value is -2.02. The molecule has 0 spiro atoms. The van der Waals surface area contributed by atoms with Gasteiger partial charge in [0, 0.05) is 0 Å². The lowest BCUT2D eigenvalue weighted by Crippen LogP contribution is -1.96. The minimum Gasteiger partial charge on any atom is -0.489 e. The highest BCUT2D eigenvalue weighted by Crippen LogP contribution is 2.17. The molecule has 0 amide bonds. The van der Waals surface area contributed by atoms with Gasteiger partial charge < -0.3 is 4.74 Å². The van der Waals surface area contributed by atoms with E-state index in [0.29, 0.717) is 6.61 Å². The summed E-state index contributed by atoms with van der Waals surface area (Å²) in [5.74, 6) is 0.940. The van der Waals surface area contributed by atoms with Crippen LogP contribution in [0.4, 0.5) is 0 Å². The zero-order valence-electron chi connectivity index (χ0n) is 21.5. The van der Waals surface area contributed by atoms with Gasteiger partial charge in [0.1, 0.15) is 12.4 Å². The third-order valence-electron chi connectivity index (χ3n) is 6.41. The van der Waals surface area contributed by atoms with Gasteiger partial charge in [-0.05, 0) is 54.5 Å². The minimum atomic E-state index is 0.630. The van der Waals surface area contributed by atoms with Gasteiger partial charge in [0.25, 0.3) is 0 Å². The van der Waals surface area contributed by atoms with E-state index in [1.807, 2.05) is 0 Å². The average Bonchev–Trinajstić information content (AvgIpc) is 2.85. The Bertz CT molecular complexity index is 726. The van der Waals surface area contributed by atoms with Gasteiger partial charge in [0.05, 0.1) is 0 Å². The molecule has 0 saturated carbocycles. The number of hydrogen-bond acceptors (Lipinski definition) is 1. The Morgan fingerprint density at radius 1 is 0.576 bits per heavy atom. The Balaban J connectivity index is 1.59. The van der Waals surface area contributed by atoms with Gasteiger partial charge >= 0.3 is 0 Å². The molecule has 0 saturated heterocycles. The molecule has 2 rings (SSSR count). The second-order valence-corrected chi connectivity index (χ2v) is 9.50. The highest BCUT2D eigenvalue weighted by molar-refractivity contribution is 5.50. The van der Waals surface area contributed by atoms with Crippen LogP contribution in [0.1, 0.15) is 120 Å². The van der Waals surface area contributed by atoms with Crippen molar-refractivity contribution < 1.29 is 4.74 Å². The second-order valence-electron chi connectivity index (χ2n) is 9.50. The molecule has 0 fully saturated rings. The number of aryl methyl sites for hydroxylation is 1. The molecular weight excluding hydrogens is 400 g/mol. The van der Waals surface area contributed by atoms with Gasteiger partial charge in [-0.25, -0.2) is 0 Å². The summed E-state index contributed by atoms with van der Waals surface area (Å²) in [7, 11) is 0. The van der Waals surface area contributed by atoms with E-state index in [4.69, 9.17) is 4.74 Å². The average molecular weight is 449 g/mol.